The fraction of sp³-hybridized carbons (Fsp3) is 0.349. The minimum absolute atomic E-state index is 0.0323. The number of allylic oxidation sites excluding steroid dienone is 1. The molecule has 2 aliphatic carbocycles. The Kier molecular flexibility index (Phi) is 6.27. The van der Waals surface area contributed by atoms with Crippen molar-refractivity contribution in [2.24, 2.45) is 17.8 Å². The topological polar surface area (TPSA) is 119 Å². The number of Topliss-reactive ketones (excluding diaryl/α,β-unsaturated/α-hetero) is 1. The van der Waals surface area contributed by atoms with Gasteiger partial charge in [0.2, 0.25) is 17.7 Å². The first-order valence-corrected chi connectivity index (χ1v) is 18.7. The van der Waals surface area contributed by atoms with Gasteiger partial charge in [0.05, 0.1) is 6.20 Å². The summed E-state index contributed by atoms with van der Waals surface area (Å²) in [5.74, 6) is 2.11. The lowest BCUT2D eigenvalue weighted by atomic mass is 9.71. The number of carbonyl (C=O) groups is 2. The largest absolute Gasteiger partial charge is 0.469 e. The van der Waals surface area contributed by atoms with Gasteiger partial charge in [-0.05, 0) is 59.9 Å². The Morgan fingerprint density at radius 3 is 2.71 bits per heavy atom. The van der Waals surface area contributed by atoms with Crippen molar-refractivity contribution >= 4 is 23.0 Å². The molecular weight excluding hydrogens is 652 g/mol. The fourth-order valence-electron chi connectivity index (χ4n) is 9.88. The number of oxazole rings is 2. The highest BCUT2D eigenvalue weighted by atomic mass is 16.5. The molecule has 9 heteroatoms. The number of nitrogens with one attached hydrogen (secondary N) is 2. The molecule has 1 fully saturated rings. The van der Waals surface area contributed by atoms with Gasteiger partial charge < -0.3 is 24.2 Å². The molecule has 1 amide bonds. The molecule has 4 atom stereocenters. The Balaban J connectivity index is 1.19. The van der Waals surface area contributed by atoms with Crippen LogP contribution in [-0.2, 0) is 27.8 Å². The van der Waals surface area contributed by atoms with Gasteiger partial charge in [0.1, 0.15) is 23.0 Å². The Bertz CT molecular complexity index is 2400. The Hall–Kier alpha value is -5.44. The highest BCUT2D eigenvalue weighted by Crippen LogP contribution is 2.61. The SMILES string of the molecule is CC(C)[C@@H]1NC(=O)C(CC(=O)C2CCCC2)Cc2ccc3c(c2)C24c5cccc(c5N[C@H]2O3)-c2cccc3c2C(=CC3)c2cnc(o2)-c2nc1oc24. The van der Waals surface area contributed by atoms with E-state index in [2.05, 4.69) is 59.2 Å². The van der Waals surface area contributed by atoms with Crippen molar-refractivity contribution in [3.63, 3.8) is 0 Å². The Morgan fingerprint density at radius 1 is 1.00 bits per heavy atom. The molecule has 1 spiro atoms. The lowest BCUT2D eigenvalue weighted by Gasteiger charge is -2.28. The van der Waals surface area contributed by atoms with E-state index in [0.717, 1.165) is 82.5 Å². The number of ketones is 1. The van der Waals surface area contributed by atoms with Crippen LogP contribution in [0.5, 0.6) is 5.75 Å². The van der Waals surface area contributed by atoms with Crippen LogP contribution in [0.3, 0.4) is 0 Å². The predicted molar refractivity (Wildman–Crippen MR) is 194 cm³/mol. The molecule has 1 saturated carbocycles. The van der Waals surface area contributed by atoms with E-state index in [0.29, 0.717) is 35.4 Å². The summed E-state index contributed by atoms with van der Waals surface area (Å²) in [6, 6.07) is 18.5. The van der Waals surface area contributed by atoms with E-state index in [1.165, 1.54) is 5.56 Å². The van der Waals surface area contributed by atoms with Gasteiger partial charge in [-0.3, -0.25) is 9.59 Å². The molecule has 4 aliphatic heterocycles. The average Bonchev–Trinajstić information content (AvgIpc) is 3.99. The molecule has 2 unspecified atom stereocenters. The van der Waals surface area contributed by atoms with Gasteiger partial charge in [-0.2, -0.15) is 0 Å². The molecule has 6 heterocycles. The first-order chi connectivity index (χ1) is 25.4. The number of para-hydroxylation sites is 1. The van der Waals surface area contributed by atoms with Crippen LogP contribution in [0.25, 0.3) is 28.3 Å². The quantitative estimate of drug-likeness (QED) is 0.195. The summed E-state index contributed by atoms with van der Waals surface area (Å²) < 4.78 is 20.6. The molecule has 2 aromatic heterocycles. The maximum Gasteiger partial charge on any atom is 0.249 e. The van der Waals surface area contributed by atoms with Gasteiger partial charge >= 0.3 is 0 Å². The van der Waals surface area contributed by atoms with Gasteiger partial charge in [0, 0.05) is 46.2 Å². The van der Waals surface area contributed by atoms with E-state index >= 15 is 0 Å². The third-order valence-electron chi connectivity index (χ3n) is 12.4. The number of nitrogens with zero attached hydrogens (tertiary/aromatic N) is 2. The molecule has 11 rings (SSSR count). The maximum atomic E-state index is 14.3. The molecule has 0 radical (unpaired) electrons. The van der Waals surface area contributed by atoms with E-state index in [1.54, 1.807) is 6.20 Å². The number of hydrogen-bond donors (Lipinski definition) is 2. The van der Waals surface area contributed by atoms with Gasteiger partial charge in [0.15, 0.2) is 23.4 Å². The fourth-order valence-corrected chi connectivity index (χ4v) is 9.88. The number of amides is 1. The number of carbonyl (C=O) groups excluding carboxylic acids is 2. The average molecular weight is 691 g/mol. The van der Waals surface area contributed by atoms with Crippen molar-refractivity contribution < 1.29 is 23.2 Å². The smallest absolute Gasteiger partial charge is 0.249 e. The molecule has 6 aliphatic rings. The van der Waals surface area contributed by atoms with Crippen molar-refractivity contribution in [1.82, 2.24) is 15.3 Å². The molecular formula is C43H38N4O5. The summed E-state index contributed by atoms with van der Waals surface area (Å²) in [6.45, 7) is 4.09. The van der Waals surface area contributed by atoms with Crippen molar-refractivity contribution in [3.8, 4) is 28.5 Å². The lowest BCUT2D eigenvalue weighted by molar-refractivity contribution is -0.131. The van der Waals surface area contributed by atoms with Crippen LogP contribution in [0.2, 0.25) is 0 Å². The molecule has 2 N–H and O–H groups in total. The Morgan fingerprint density at radius 2 is 1.85 bits per heavy atom. The first kappa shape index (κ1) is 30.2. The van der Waals surface area contributed by atoms with E-state index in [9.17, 15) is 9.59 Å². The first-order valence-electron chi connectivity index (χ1n) is 18.7. The summed E-state index contributed by atoms with van der Waals surface area (Å²) in [5.41, 5.74) is 8.95. The van der Waals surface area contributed by atoms with Gasteiger partial charge in [-0.15, -0.1) is 0 Å². The number of ether oxygens (including phenoxy) is 1. The standard InChI is InChI=1S/C43H38N4O5/c1-21(2)35-41-46-37-38(52-41)43-29-12-6-11-27(26-10-5-9-24-14-15-28(34(24)26)33-20-44-40(37)50-33)36(29)47-42(43)51-32-16-13-22(18-30(32)43)17-25(39(49)45-35)19-31(48)23-7-3-4-8-23/h5-6,9-13,15-16,18,20-21,23,25,35,42,47H,3-4,7-8,14,17,19H2,1-2H3,(H,45,49)/t25?,35-,42-,43?/m0/s1. The summed E-state index contributed by atoms with van der Waals surface area (Å²) in [7, 11) is 0. The predicted octanol–water partition coefficient (Wildman–Crippen LogP) is 7.91. The van der Waals surface area contributed by atoms with Crippen LogP contribution in [0, 0.1) is 17.8 Å². The van der Waals surface area contributed by atoms with Crippen LogP contribution in [0.15, 0.2) is 75.7 Å². The highest BCUT2D eigenvalue weighted by Gasteiger charge is 2.61. The molecule has 10 bridgehead atoms. The molecule has 52 heavy (non-hydrogen) atoms. The van der Waals surface area contributed by atoms with Crippen molar-refractivity contribution in [2.45, 2.75) is 76.5 Å². The third kappa shape index (κ3) is 4.05. The van der Waals surface area contributed by atoms with Gasteiger partial charge in [-0.25, -0.2) is 9.97 Å². The minimum atomic E-state index is -0.971. The van der Waals surface area contributed by atoms with E-state index < -0.39 is 23.6 Å². The van der Waals surface area contributed by atoms with Crippen molar-refractivity contribution in [1.29, 1.82) is 0 Å². The van der Waals surface area contributed by atoms with Crippen LogP contribution in [0.4, 0.5) is 5.69 Å². The summed E-state index contributed by atoms with van der Waals surface area (Å²) in [4.78, 5) is 38.0. The number of fused-ring (bicyclic) bond motifs is 7. The number of hydrogen-bond acceptors (Lipinski definition) is 8. The Labute approximate surface area is 300 Å². The summed E-state index contributed by atoms with van der Waals surface area (Å²) in [6.07, 6.45) is 8.81. The molecule has 3 aromatic carbocycles. The second-order valence-electron chi connectivity index (χ2n) is 15.7. The zero-order chi connectivity index (χ0) is 34.9. The number of anilines is 1. The van der Waals surface area contributed by atoms with Crippen LogP contribution >= 0.6 is 0 Å². The summed E-state index contributed by atoms with van der Waals surface area (Å²) >= 11 is 0. The monoisotopic (exact) mass is 690 g/mol. The molecule has 0 saturated heterocycles. The molecule has 5 aromatic rings. The maximum absolute atomic E-state index is 14.3. The third-order valence-corrected chi connectivity index (χ3v) is 12.4. The lowest BCUT2D eigenvalue weighted by Crippen LogP contribution is -2.40. The van der Waals surface area contributed by atoms with Crippen molar-refractivity contribution in [2.75, 3.05) is 5.32 Å². The van der Waals surface area contributed by atoms with Gasteiger partial charge in [-0.1, -0.05) is 81.3 Å². The highest BCUT2D eigenvalue weighted by molar-refractivity contribution is 5.97. The zero-order valence-corrected chi connectivity index (χ0v) is 29.1. The zero-order valence-electron chi connectivity index (χ0n) is 29.1. The second-order valence-corrected chi connectivity index (χ2v) is 15.7. The molecule has 9 nitrogen and oxygen atoms in total. The van der Waals surface area contributed by atoms with E-state index in [-0.39, 0.29) is 29.9 Å². The van der Waals surface area contributed by atoms with Crippen LogP contribution in [-0.4, -0.2) is 27.9 Å². The van der Waals surface area contributed by atoms with E-state index in [4.69, 9.17) is 23.5 Å². The summed E-state index contributed by atoms with van der Waals surface area (Å²) in [5, 5.41) is 7.13. The normalized spacial score (nSPS) is 24.6. The van der Waals surface area contributed by atoms with Gasteiger partial charge in [0.25, 0.3) is 0 Å². The van der Waals surface area contributed by atoms with Crippen LogP contribution < -0.4 is 15.4 Å². The van der Waals surface area contributed by atoms with Crippen molar-refractivity contribution in [3.05, 3.63) is 112 Å². The minimum Gasteiger partial charge on any atom is -0.469 e. The molecule has 260 valence electrons. The second kappa shape index (κ2) is 10.8. The van der Waals surface area contributed by atoms with Crippen LogP contribution in [0.1, 0.15) is 97.2 Å². The number of benzene rings is 3. The number of aromatic nitrogens is 2. The number of rotatable bonds is 4. The van der Waals surface area contributed by atoms with E-state index in [1.807, 2.05) is 26.0 Å².